The lowest BCUT2D eigenvalue weighted by Gasteiger charge is -2.19. The first-order valence-electron chi connectivity index (χ1n) is 7.54. The number of oxazole rings is 1. The number of rotatable bonds is 4. The van der Waals surface area contributed by atoms with E-state index in [9.17, 15) is 4.79 Å². The second-order valence-electron chi connectivity index (χ2n) is 5.22. The average molecular weight is 301 g/mol. The zero-order valence-electron chi connectivity index (χ0n) is 12.6. The molecule has 2 aromatic rings. The van der Waals surface area contributed by atoms with Crippen molar-refractivity contribution in [2.75, 3.05) is 24.7 Å². The molecular weight excluding hydrogens is 282 g/mol. The number of carbonyl (C=O) groups excluding carboxylic acids is 1. The molecule has 1 aliphatic rings. The Kier molecular flexibility index (Phi) is 4.48. The summed E-state index contributed by atoms with van der Waals surface area (Å²) in [5.41, 5.74) is 1.10. The topological polar surface area (TPSA) is 68.5 Å². The van der Waals surface area contributed by atoms with E-state index in [-0.39, 0.29) is 11.8 Å². The smallest absolute Gasteiger partial charge is 0.280 e. The molecule has 6 heteroatoms. The van der Waals surface area contributed by atoms with E-state index in [2.05, 4.69) is 9.97 Å². The van der Waals surface area contributed by atoms with Crippen LogP contribution in [0, 0.1) is 0 Å². The van der Waals surface area contributed by atoms with Crippen LogP contribution < -0.4 is 4.90 Å². The minimum Gasteiger partial charge on any atom is -0.448 e. The van der Waals surface area contributed by atoms with Crippen LogP contribution in [-0.2, 0) is 4.74 Å². The lowest BCUT2D eigenvalue weighted by Crippen LogP contribution is -2.31. The maximum absolute atomic E-state index is 12.6. The van der Waals surface area contributed by atoms with E-state index in [4.69, 9.17) is 9.15 Å². The second kappa shape index (κ2) is 6.70. The summed E-state index contributed by atoms with van der Waals surface area (Å²) in [6, 6.07) is 3.66. The second-order valence-corrected chi connectivity index (χ2v) is 5.22. The van der Waals surface area contributed by atoms with Gasteiger partial charge >= 0.3 is 0 Å². The maximum atomic E-state index is 12.6. The number of nitrogens with zero attached hydrogens (tertiary/aromatic N) is 3. The van der Waals surface area contributed by atoms with Crippen LogP contribution in [-0.4, -0.2) is 35.6 Å². The van der Waals surface area contributed by atoms with Crippen molar-refractivity contribution in [3.63, 3.8) is 0 Å². The van der Waals surface area contributed by atoms with Crippen molar-refractivity contribution < 1.29 is 13.9 Å². The first-order valence-corrected chi connectivity index (χ1v) is 7.54. The van der Waals surface area contributed by atoms with Crippen molar-refractivity contribution in [2.45, 2.75) is 25.7 Å². The third-order valence-electron chi connectivity index (χ3n) is 3.83. The summed E-state index contributed by atoms with van der Waals surface area (Å²) in [7, 11) is 0. The molecule has 6 nitrogen and oxygen atoms in total. The lowest BCUT2D eigenvalue weighted by atomic mass is 10.0. The van der Waals surface area contributed by atoms with E-state index in [0.717, 1.165) is 18.5 Å². The maximum Gasteiger partial charge on any atom is 0.280 e. The number of carbonyl (C=O) groups is 1. The van der Waals surface area contributed by atoms with Gasteiger partial charge in [0.25, 0.3) is 5.91 Å². The third kappa shape index (κ3) is 3.01. The predicted molar refractivity (Wildman–Crippen MR) is 80.9 cm³/mol. The first-order chi connectivity index (χ1) is 10.8. The Morgan fingerprint density at radius 3 is 2.91 bits per heavy atom. The highest BCUT2D eigenvalue weighted by Gasteiger charge is 2.24. The SMILES string of the molecule is CCN(C(=O)c1coc(C2CCOCC2)n1)c1cccnc1. The highest BCUT2D eigenvalue weighted by molar-refractivity contribution is 6.04. The highest BCUT2D eigenvalue weighted by atomic mass is 16.5. The lowest BCUT2D eigenvalue weighted by molar-refractivity contribution is 0.0794. The number of anilines is 1. The molecule has 0 saturated carbocycles. The Bertz CT molecular complexity index is 621. The Labute approximate surface area is 129 Å². The highest BCUT2D eigenvalue weighted by Crippen LogP contribution is 2.26. The quantitative estimate of drug-likeness (QED) is 0.868. The zero-order chi connectivity index (χ0) is 15.4. The molecule has 1 amide bonds. The van der Waals surface area contributed by atoms with Gasteiger partial charge in [-0.25, -0.2) is 4.98 Å². The van der Waals surface area contributed by atoms with E-state index in [0.29, 0.717) is 31.3 Å². The van der Waals surface area contributed by atoms with Crippen molar-refractivity contribution >= 4 is 11.6 Å². The van der Waals surface area contributed by atoms with Crippen LogP contribution in [0.4, 0.5) is 5.69 Å². The summed E-state index contributed by atoms with van der Waals surface area (Å²) in [5.74, 6) is 0.704. The van der Waals surface area contributed by atoms with Gasteiger partial charge < -0.3 is 14.1 Å². The van der Waals surface area contributed by atoms with Crippen LogP contribution in [0.25, 0.3) is 0 Å². The van der Waals surface area contributed by atoms with Crippen molar-refractivity contribution in [1.82, 2.24) is 9.97 Å². The molecule has 22 heavy (non-hydrogen) atoms. The van der Waals surface area contributed by atoms with Crippen molar-refractivity contribution in [3.05, 3.63) is 42.4 Å². The molecule has 3 rings (SSSR count). The molecule has 2 aromatic heterocycles. The predicted octanol–water partition coefficient (Wildman–Crippen LogP) is 2.63. The molecule has 1 aliphatic heterocycles. The van der Waals surface area contributed by atoms with Gasteiger partial charge in [-0.3, -0.25) is 9.78 Å². The van der Waals surface area contributed by atoms with Gasteiger partial charge in [0.2, 0.25) is 0 Å². The Balaban J connectivity index is 1.78. The molecule has 0 unspecified atom stereocenters. The van der Waals surface area contributed by atoms with Crippen molar-refractivity contribution in [3.8, 4) is 0 Å². The van der Waals surface area contributed by atoms with E-state index in [1.54, 1.807) is 17.3 Å². The molecule has 1 fully saturated rings. The van der Waals surface area contributed by atoms with E-state index >= 15 is 0 Å². The van der Waals surface area contributed by atoms with Crippen LogP contribution in [0.2, 0.25) is 0 Å². The summed E-state index contributed by atoms with van der Waals surface area (Å²) in [5, 5.41) is 0. The zero-order valence-corrected chi connectivity index (χ0v) is 12.6. The fourth-order valence-electron chi connectivity index (χ4n) is 2.61. The molecule has 1 saturated heterocycles. The van der Waals surface area contributed by atoms with Crippen LogP contribution >= 0.6 is 0 Å². The molecule has 0 bridgehead atoms. The number of ether oxygens (including phenoxy) is 1. The van der Waals surface area contributed by atoms with E-state index < -0.39 is 0 Å². The molecule has 0 aromatic carbocycles. The standard InChI is InChI=1S/C16H19N3O3/c1-2-19(13-4-3-7-17-10-13)16(20)14-11-22-15(18-14)12-5-8-21-9-6-12/h3-4,7,10-12H,2,5-6,8-9H2,1H3. The van der Waals surface area contributed by atoms with Crippen LogP contribution in [0.15, 0.2) is 35.2 Å². The van der Waals surface area contributed by atoms with Crippen LogP contribution in [0.3, 0.4) is 0 Å². The van der Waals surface area contributed by atoms with Gasteiger partial charge in [0, 0.05) is 31.9 Å². The molecule has 0 spiro atoms. The Morgan fingerprint density at radius 2 is 2.23 bits per heavy atom. The molecule has 0 aliphatic carbocycles. The summed E-state index contributed by atoms with van der Waals surface area (Å²) in [6.45, 7) is 3.90. The van der Waals surface area contributed by atoms with Crippen LogP contribution in [0.1, 0.15) is 42.1 Å². The third-order valence-corrected chi connectivity index (χ3v) is 3.83. The molecule has 3 heterocycles. The van der Waals surface area contributed by atoms with Crippen molar-refractivity contribution in [1.29, 1.82) is 0 Å². The average Bonchev–Trinajstić information content (AvgIpc) is 3.07. The fourth-order valence-corrected chi connectivity index (χ4v) is 2.61. The van der Waals surface area contributed by atoms with Gasteiger partial charge in [-0.1, -0.05) is 0 Å². The minimum atomic E-state index is -0.169. The molecule has 116 valence electrons. The monoisotopic (exact) mass is 301 g/mol. The Morgan fingerprint density at radius 1 is 1.41 bits per heavy atom. The summed E-state index contributed by atoms with van der Waals surface area (Å²) in [4.78, 5) is 22.7. The van der Waals surface area contributed by atoms with Gasteiger partial charge in [0.15, 0.2) is 11.6 Å². The Hall–Kier alpha value is -2.21. The van der Waals surface area contributed by atoms with Crippen LogP contribution in [0.5, 0.6) is 0 Å². The van der Waals surface area contributed by atoms with E-state index in [1.165, 1.54) is 6.26 Å². The number of pyridine rings is 1. The van der Waals surface area contributed by atoms with Gasteiger partial charge in [-0.15, -0.1) is 0 Å². The molecular formula is C16H19N3O3. The number of hydrogen-bond acceptors (Lipinski definition) is 5. The number of amides is 1. The number of hydrogen-bond donors (Lipinski definition) is 0. The van der Waals surface area contributed by atoms with E-state index in [1.807, 2.05) is 19.1 Å². The fraction of sp³-hybridized carbons (Fsp3) is 0.438. The minimum absolute atomic E-state index is 0.169. The van der Waals surface area contributed by atoms with Gasteiger partial charge in [0.1, 0.15) is 6.26 Å². The largest absolute Gasteiger partial charge is 0.448 e. The molecule has 0 N–H and O–H groups in total. The van der Waals surface area contributed by atoms with Gasteiger partial charge in [0.05, 0.1) is 11.9 Å². The van der Waals surface area contributed by atoms with Gasteiger partial charge in [-0.2, -0.15) is 0 Å². The summed E-state index contributed by atoms with van der Waals surface area (Å²) >= 11 is 0. The number of aromatic nitrogens is 2. The summed E-state index contributed by atoms with van der Waals surface area (Å²) in [6.07, 6.45) is 6.57. The van der Waals surface area contributed by atoms with Gasteiger partial charge in [-0.05, 0) is 31.9 Å². The molecule has 0 radical (unpaired) electrons. The molecule has 0 atom stereocenters. The van der Waals surface area contributed by atoms with Crippen molar-refractivity contribution in [2.24, 2.45) is 0 Å². The first kappa shape index (κ1) is 14.7. The normalized spacial score (nSPS) is 15.7. The summed E-state index contributed by atoms with van der Waals surface area (Å²) < 4.78 is 10.9.